The molecule has 1 saturated heterocycles. The number of fused-ring (bicyclic) bond motifs is 1. The second kappa shape index (κ2) is 5.37. The van der Waals surface area contributed by atoms with E-state index in [0.29, 0.717) is 36.0 Å². The maximum atomic E-state index is 12.6. The molecule has 2 heterocycles. The molecular formula is C15H19N3O3. The van der Waals surface area contributed by atoms with Gasteiger partial charge < -0.3 is 20.7 Å². The number of hydrogen-bond acceptors (Lipinski definition) is 4. The van der Waals surface area contributed by atoms with Gasteiger partial charge in [-0.1, -0.05) is 0 Å². The molecule has 0 bridgehead atoms. The lowest BCUT2D eigenvalue weighted by Gasteiger charge is -2.23. The number of nitrogens with one attached hydrogen (secondary N) is 1. The average Bonchev–Trinajstić information content (AvgIpc) is 2.87. The molecule has 6 nitrogen and oxygen atoms in total. The molecule has 3 rings (SSSR count). The van der Waals surface area contributed by atoms with E-state index >= 15 is 0 Å². The Kier molecular flexibility index (Phi) is 3.55. The minimum atomic E-state index is -0.204. The molecular weight excluding hydrogens is 270 g/mol. The van der Waals surface area contributed by atoms with Crippen LogP contribution in [-0.2, 0) is 4.79 Å². The monoisotopic (exact) mass is 289 g/mol. The topological polar surface area (TPSA) is 84.7 Å². The summed E-state index contributed by atoms with van der Waals surface area (Å²) in [5, 5.41) is 2.72. The summed E-state index contributed by atoms with van der Waals surface area (Å²) in [4.78, 5) is 25.8. The van der Waals surface area contributed by atoms with E-state index in [2.05, 4.69) is 5.32 Å². The molecule has 0 aliphatic carbocycles. The maximum Gasteiger partial charge on any atom is 0.262 e. The highest BCUT2D eigenvalue weighted by atomic mass is 16.5. The summed E-state index contributed by atoms with van der Waals surface area (Å²) < 4.78 is 5.30. The lowest BCUT2D eigenvalue weighted by Crippen LogP contribution is -2.34. The Morgan fingerprint density at radius 3 is 3.05 bits per heavy atom. The number of amides is 2. The van der Waals surface area contributed by atoms with Crippen molar-refractivity contribution in [2.45, 2.75) is 19.4 Å². The first-order valence-corrected chi connectivity index (χ1v) is 7.16. The van der Waals surface area contributed by atoms with Crippen molar-refractivity contribution >= 4 is 17.5 Å². The molecule has 2 amide bonds. The van der Waals surface area contributed by atoms with E-state index in [9.17, 15) is 9.59 Å². The molecule has 1 fully saturated rings. The van der Waals surface area contributed by atoms with Crippen LogP contribution >= 0.6 is 0 Å². The van der Waals surface area contributed by atoms with Crippen LogP contribution in [0, 0.1) is 5.92 Å². The van der Waals surface area contributed by atoms with Crippen molar-refractivity contribution in [3.63, 3.8) is 0 Å². The van der Waals surface area contributed by atoms with E-state index in [0.717, 1.165) is 6.42 Å². The Bertz CT molecular complexity index is 588. The van der Waals surface area contributed by atoms with Crippen LogP contribution in [0.4, 0.5) is 5.69 Å². The summed E-state index contributed by atoms with van der Waals surface area (Å²) in [5.74, 6) is 0.732. The van der Waals surface area contributed by atoms with Crippen molar-refractivity contribution in [1.82, 2.24) is 4.90 Å². The third-order valence-corrected chi connectivity index (χ3v) is 4.11. The van der Waals surface area contributed by atoms with Crippen LogP contribution in [0.1, 0.15) is 23.7 Å². The van der Waals surface area contributed by atoms with Gasteiger partial charge in [0.05, 0.1) is 5.69 Å². The molecule has 2 aliphatic heterocycles. The Hall–Kier alpha value is -2.08. The zero-order chi connectivity index (χ0) is 15.0. The number of benzene rings is 1. The van der Waals surface area contributed by atoms with Crippen molar-refractivity contribution in [1.29, 1.82) is 0 Å². The van der Waals surface area contributed by atoms with Crippen molar-refractivity contribution < 1.29 is 14.3 Å². The molecule has 6 heteroatoms. The number of anilines is 1. The quantitative estimate of drug-likeness (QED) is 0.844. The zero-order valence-corrected chi connectivity index (χ0v) is 12.0. The lowest BCUT2D eigenvalue weighted by molar-refractivity contribution is -0.118. The van der Waals surface area contributed by atoms with Crippen molar-refractivity contribution in [2.24, 2.45) is 11.7 Å². The number of hydrogen-bond donors (Lipinski definition) is 2. The first kappa shape index (κ1) is 13.9. The highest BCUT2D eigenvalue weighted by Crippen LogP contribution is 2.30. The molecule has 21 heavy (non-hydrogen) atoms. The Balaban J connectivity index is 1.82. The van der Waals surface area contributed by atoms with E-state index < -0.39 is 0 Å². The fourth-order valence-electron chi connectivity index (χ4n) is 2.98. The number of likely N-dealkylation sites (tertiary alicyclic amines) is 1. The third kappa shape index (κ3) is 2.58. The predicted molar refractivity (Wildman–Crippen MR) is 78.2 cm³/mol. The first-order chi connectivity index (χ1) is 10.1. The summed E-state index contributed by atoms with van der Waals surface area (Å²) in [5.41, 5.74) is 6.82. The number of carbonyl (C=O) groups excluding carboxylic acids is 2. The molecule has 0 radical (unpaired) electrons. The van der Waals surface area contributed by atoms with E-state index in [1.807, 2.05) is 11.8 Å². The molecule has 2 aliphatic rings. The van der Waals surface area contributed by atoms with Gasteiger partial charge in [-0.05, 0) is 44.0 Å². The first-order valence-electron chi connectivity index (χ1n) is 7.16. The summed E-state index contributed by atoms with van der Waals surface area (Å²) >= 11 is 0. The maximum absolute atomic E-state index is 12.6. The van der Waals surface area contributed by atoms with Crippen LogP contribution in [0.3, 0.4) is 0 Å². The molecule has 0 spiro atoms. The van der Waals surface area contributed by atoms with Gasteiger partial charge in [0.25, 0.3) is 11.8 Å². The number of rotatable bonds is 2. The van der Waals surface area contributed by atoms with Crippen molar-refractivity contribution in [3.05, 3.63) is 23.8 Å². The number of nitrogens with zero attached hydrogens (tertiary/aromatic N) is 1. The molecule has 2 unspecified atom stereocenters. The second-order valence-corrected chi connectivity index (χ2v) is 5.69. The fraction of sp³-hybridized carbons (Fsp3) is 0.467. The minimum Gasteiger partial charge on any atom is -0.482 e. The van der Waals surface area contributed by atoms with Crippen LogP contribution < -0.4 is 15.8 Å². The summed E-state index contributed by atoms with van der Waals surface area (Å²) in [6.07, 6.45) is 0.938. The third-order valence-electron chi connectivity index (χ3n) is 4.11. The minimum absolute atomic E-state index is 0.0155. The highest BCUT2D eigenvalue weighted by Gasteiger charge is 2.32. The van der Waals surface area contributed by atoms with Gasteiger partial charge in [-0.15, -0.1) is 0 Å². The van der Waals surface area contributed by atoms with Gasteiger partial charge in [-0.2, -0.15) is 0 Å². The van der Waals surface area contributed by atoms with Crippen molar-refractivity contribution in [2.75, 3.05) is 25.0 Å². The summed E-state index contributed by atoms with van der Waals surface area (Å²) in [7, 11) is 0. The largest absolute Gasteiger partial charge is 0.482 e. The fourth-order valence-corrected chi connectivity index (χ4v) is 2.98. The van der Waals surface area contributed by atoms with Gasteiger partial charge in [0.2, 0.25) is 0 Å². The van der Waals surface area contributed by atoms with Crippen LogP contribution in [0.15, 0.2) is 18.2 Å². The molecule has 2 atom stereocenters. The Morgan fingerprint density at radius 1 is 1.52 bits per heavy atom. The predicted octanol–water partition coefficient (Wildman–Crippen LogP) is 0.827. The van der Waals surface area contributed by atoms with E-state index in [4.69, 9.17) is 10.5 Å². The number of ether oxygens (including phenoxy) is 1. The normalized spacial score (nSPS) is 24.3. The number of carbonyl (C=O) groups is 2. The molecule has 0 saturated carbocycles. The smallest absolute Gasteiger partial charge is 0.262 e. The summed E-state index contributed by atoms with van der Waals surface area (Å²) in [6.45, 7) is 3.34. The van der Waals surface area contributed by atoms with E-state index in [1.165, 1.54) is 0 Å². The van der Waals surface area contributed by atoms with Crippen molar-refractivity contribution in [3.8, 4) is 5.75 Å². The summed E-state index contributed by atoms with van der Waals surface area (Å²) in [6, 6.07) is 5.33. The average molecular weight is 289 g/mol. The van der Waals surface area contributed by atoms with Crippen LogP contribution in [0.5, 0.6) is 5.75 Å². The van der Waals surface area contributed by atoms with Crippen LogP contribution in [-0.4, -0.2) is 42.5 Å². The van der Waals surface area contributed by atoms with Gasteiger partial charge in [0.1, 0.15) is 5.75 Å². The van der Waals surface area contributed by atoms with Gasteiger partial charge in [-0.25, -0.2) is 0 Å². The van der Waals surface area contributed by atoms with Gasteiger partial charge >= 0.3 is 0 Å². The standard InChI is InChI=1S/C15H19N3O3/c1-9-4-10(6-16)7-18(9)15(20)11-2-3-13-12(5-11)17-14(19)8-21-13/h2-3,5,9-10H,4,6-8,16H2,1H3,(H,17,19). The molecule has 1 aromatic rings. The SMILES string of the molecule is CC1CC(CN)CN1C(=O)c1ccc2c(c1)NC(=O)CO2. The molecule has 0 aromatic heterocycles. The highest BCUT2D eigenvalue weighted by molar-refractivity contribution is 6.00. The molecule has 1 aromatic carbocycles. The Labute approximate surface area is 123 Å². The van der Waals surface area contributed by atoms with E-state index in [1.54, 1.807) is 18.2 Å². The van der Waals surface area contributed by atoms with Gasteiger partial charge in [-0.3, -0.25) is 9.59 Å². The Morgan fingerprint density at radius 2 is 2.33 bits per heavy atom. The van der Waals surface area contributed by atoms with Gasteiger partial charge in [0.15, 0.2) is 6.61 Å². The lowest BCUT2D eigenvalue weighted by atomic mass is 10.1. The van der Waals surface area contributed by atoms with Crippen LogP contribution in [0.25, 0.3) is 0 Å². The van der Waals surface area contributed by atoms with Crippen LogP contribution in [0.2, 0.25) is 0 Å². The van der Waals surface area contributed by atoms with E-state index in [-0.39, 0.29) is 24.5 Å². The molecule has 112 valence electrons. The van der Waals surface area contributed by atoms with Gasteiger partial charge in [0, 0.05) is 18.2 Å². The zero-order valence-electron chi connectivity index (χ0n) is 12.0. The molecule has 3 N–H and O–H groups in total. The second-order valence-electron chi connectivity index (χ2n) is 5.69. The number of nitrogens with two attached hydrogens (primary N) is 1.